The van der Waals surface area contributed by atoms with E-state index >= 15 is 0 Å². The van der Waals surface area contributed by atoms with Gasteiger partial charge in [-0.15, -0.1) is 0 Å². The van der Waals surface area contributed by atoms with Crippen LogP contribution in [0, 0.1) is 0 Å². The molecule has 2 heterocycles. The number of nitrogens with two attached hydrogens (primary N) is 1. The highest BCUT2D eigenvalue weighted by Gasteiger charge is 2.10. The summed E-state index contributed by atoms with van der Waals surface area (Å²) < 4.78 is 4.97. The van der Waals surface area contributed by atoms with E-state index in [9.17, 15) is 4.79 Å². The maximum atomic E-state index is 11.9. The van der Waals surface area contributed by atoms with Crippen molar-refractivity contribution in [3.05, 3.63) is 54.4 Å². The van der Waals surface area contributed by atoms with Crippen molar-refractivity contribution in [2.24, 2.45) is 5.73 Å². The summed E-state index contributed by atoms with van der Waals surface area (Å²) in [5.74, 6) is 1.37. The van der Waals surface area contributed by atoms with Crippen molar-refractivity contribution >= 4 is 22.8 Å². The van der Waals surface area contributed by atoms with Crippen LogP contribution in [0.3, 0.4) is 0 Å². The highest BCUT2D eigenvalue weighted by Crippen LogP contribution is 2.20. The van der Waals surface area contributed by atoms with Crippen molar-refractivity contribution < 1.29 is 9.53 Å². The number of benzene rings is 1. The Balaban J connectivity index is 1.64. The zero-order valence-electron chi connectivity index (χ0n) is 13.6. The largest absolute Gasteiger partial charge is 0.495 e. The molecule has 1 amide bonds. The lowest BCUT2D eigenvalue weighted by Crippen LogP contribution is -2.10. The molecule has 25 heavy (non-hydrogen) atoms. The minimum atomic E-state index is -0.202. The number of carbonyl (C=O) groups excluding carboxylic acids is 1. The van der Waals surface area contributed by atoms with Crippen LogP contribution in [0.1, 0.15) is 6.42 Å². The Kier molecular flexibility index (Phi) is 4.79. The number of hydrogen-bond acceptors (Lipinski definition) is 5. The zero-order valence-corrected chi connectivity index (χ0v) is 13.6. The van der Waals surface area contributed by atoms with Crippen molar-refractivity contribution in [1.82, 2.24) is 20.2 Å². The molecule has 128 valence electrons. The summed E-state index contributed by atoms with van der Waals surface area (Å²) in [6.07, 6.45) is 4.78. The third-order valence-electron chi connectivity index (χ3n) is 3.48. The number of allylic oxidation sites excluding steroid dienone is 1. The molecule has 0 spiro atoms. The van der Waals surface area contributed by atoms with Crippen molar-refractivity contribution in [3.8, 4) is 11.5 Å². The number of nitrogens with one attached hydrogen (secondary N) is 3. The number of imidazole rings is 1. The summed E-state index contributed by atoms with van der Waals surface area (Å²) in [4.78, 5) is 19.6. The van der Waals surface area contributed by atoms with Crippen LogP contribution in [0.4, 0.5) is 5.82 Å². The number of para-hydroxylation sites is 2. The molecule has 8 heteroatoms. The lowest BCUT2D eigenvalue weighted by molar-refractivity contribution is -0.115. The van der Waals surface area contributed by atoms with Gasteiger partial charge in [0.15, 0.2) is 11.6 Å². The molecule has 2 aromatic heterocycles. The van der Waals surface area contributed by atoms with Crippen LogP contribution in [0.5, 0.6) is 0 Å². The summed E-state index contributed by atoms with van der Waals surface area (Å²) >= 11 is 0. The van der Waals surface area contributed by atoms with Gasteiger partial charge in [-0.05, 0) is 18.2 Å². The molecular weight excluding hydrogens is 320 g/mol. The number of methoxy groups -OCH3 is 1. The number of amides is 1. The standard InChI is InChI=1S/C17H18N6O2/c1-25-11(10-18)5-4-8-16(24)21-15-9-14(22-23-15)17-19-12-6-2-3-7-13(12)20-17/h2-7,9-10H,8,18H2,1H3,(H,19,20)(H2,21,22,23,24)/b5-4-,11-10+. The maximum Gasteiger partial charge on any atom is 0.229 e. The number of H-pyrrole nitrogens is 2. The Bertz CT molecular complexity index is 904. The smallest absolute Gasteiger partial charge is 0.229 e. The predicted octanol–water partition coefficient (Wildman–Crippen LogP) is 2.28. The number of nitrogens with zero attached hydrogens (tertiary/aromatic N) is 2. The minimum absolute atomic E-state index is 0.174. The number of ether oxygens (including phenoxy) is 1. The van der Waals surface area contributed by atoms with Gasteiger partial charge in [0.1, 0.15) is 11.5 Å². The van der Waals surface area contributed by atoms with Crippen LogP contribution in [-0.4, -0.2) is 33.2 Å². The fraction of sp³-hybridized carbons (Fsp3) is 0.118. The number of carbonyl (C=O) groups is 1. The summed E-state index contributed by atoms with van der Waals surface area (Å²) in [7, 11) is 1.51. The first-order valence-electron chi connectivity index (χ1n) is 7.62. The number of aromatic amines is 2. The number of aromatic nitrogens is 4. The van der Waals surface area contributed by atoms with E-state index in [1.54, 1.807) is 18.2 Å². The average Bonchev–Trinajstić information content (AvgIpc) is 3.25. The highest BCUT2D eigenvalue weighted by molar-refractivity contribution is 5.91. The van der Waals surface area contributed by atoms with Crippen molar-refractivity contribution in [2.45, 2.75) is 6.42 Å². The number of rotatable bonds is 6. The molecule has 8 nitrogen and oxygen atoms in total. The summed E-state index contributed by atoms with van der Waals surface area (Å²) in [5, 5.41) is 9.65. The molecule has 0 radical (unpaired) electrons. The summed E-state index contributed by atoms with van der Waals surface area (Å²) in [6, 6.07) is 9.45. The lowest BCUT2D eigenvalue weighted by atomic mass is 10.3. The lowest BCUT2D eigenvalue weighted by Gasteiger charge is -1.99. The van der Waals surface area contributed by atoms with E-state index in [4.69, 9.17) is 10.5 Å². The van der Waals surface area contributed by atoms with E-state index in [0.29, 0.717) is 23.1 Å². The Morgan fingerprint density at radius 3 is 3.00 bits per heavy atom. The van der Waals surface area contributed by atoms with Gasteiger partial charge in [0.2, 0.25) is 5.91 Å². The number of hydrogen-bond donors (Lipinski definition) is 4. The van der Waals surface area contributed by atoms with E-state index in [1.165, 1.54) is 13.3 Å². The third-order valence-corrected chi connectivity index (χ3v) is 3.48. The van der Waals surface area contributed by atoms with Gasteiger partial charge >= 0.3 is 0 Å². The summed E-state index contributed by atoms with van der Waals surface area (Å²) in [5.41, 5.74) is 7.84. The minimum Gasteiger partial charge on any atom is -0.495 e. The Labute approximate surface area is 143 Å². The maximum absolute atomic E-state index is 11.9. The average molecular weight is 338 g/mol. The van der Waals surface area contributed by atoms with Gasteiger partial charge in [-0.2, -0.15) is 5.10 Å². The van der Waals surface area contributed by atoms with Crippen LogP contribution in [-0.2, 0) is 9.53 Å². The van der Waals surface area contributed by atoms with E-state index < -0.39 is 0 Å². The van der Waals surface area contributed by atoms with Crippen LogP contribution < -0.4 is 11.1 Å². The molecule has 0 saturated carbocycles. The normalized spacial score (nSPS) is 12.0. The monoisotopic (exact) mass is 338 g/mol. The van der Waals surface area contributed by atoms with Gasteiger partial charge in [-0.25, -0.2) is 4.98 Å². The van der Waals surface area contributed by atoms with Gasteiger partial charge in [0.05, 0.1) is 18.1 Å². The number of anilines is 1. The topological polar surface area (TPSA) is 122 Å². The van der Waals surface area contributed by atoms with Crippen molar-refractivity contribution in [3.63, 3.8) is 0 Å². The van der Waals surface area contributed by atoms with E-state index in [-0.39, 0.29) is 12.3 Å². The van der Waals surface area contributed by atoms with Gasteiger partial charge in [-0.1, -0.05) is 18.2 Å². The molecule has 0 aliphatic carbocycles. The van der Waals surface area contributed by atoms with E-state index in [2.05, 4.69) is 25.5 Å². The van der Waals surface area contributed by atoms with Gasteiger partial charge in [0, 0.05) is 18.7 Å². The predicted molar refractivity (Wildman–Crippen MR) is 95.3 cm³/mol. The second-order valence-electron chi connectivity index (χ2n) is 5.20. The Morgan fingerprint density at radius 2 is 2.24 bits per heavy atom. The Hall–Kier alpha value is -3.55. The highest BCUT2D eigenvalue weighted by atomic mass is 16.5. The van der Waals surface area contributed by atoms with E-state index in [1.807, 2.05) is 24.3 Å². The van der Waals surface area contributed by atoms with Crippen LogP contribution in [0.2, 0.25) is 0 Å². The SMILES string of the molecule is COC(/C=C\CC(=O)Nc1cc(-c2nc3ccccc3[nH]2)[nH]n1)=C/N. The quantitative estimate of drug-likeness (QED) is 0.406. The van der Waals surface area contributed by atoms with Crippen molar-refractivity contribution in [2.75, 3.05) is 12.4 Å². The number of fused-ring (bicyclic) bond motifs is 1. The molecule has 0 unspecified atom stereocenters. The molecule has 0 bridgehead atoms. The first-order valence-corrected chi connectivity index (χ1v) is 7.62. The van der Waals surface area contributed by atoms with Crippen LogP contribution >= 0.6 is 0 Å². The molecule has 0 atom stereocenters. The summed E-state index contributed by atoms with van der Waals surface area (Å²) in [6.45, 7) is 0. The van der Waals surface area contributed by atoms with Crippen molar-refractivity contribution in [1.29, 1.82) is 0 Å². The second kappa shape index (κ2) is 7.35. The molecule has 1 aromatic carbocycles. The zero-order chi connectivity index (χ0) is 17.6. The van der Waals surface area contributed by atoms with E-state index in [0.717, 1.165) is 11.0 Å². The first kappa shape index (κ1) is 16.3. The molecule has 0 aliphatic heterocycles. The van der Waals surface area contributed by atoms with Gasteiger partial charge in [0.25, 0.3) is 0 Å². The fourth-order valence-corrected chi connectivity index (χ4v) is 2.26. The van der Waals surface area contributed by atoms with Gasteiger partial charge in [-0.3, -0.25) is 9.89 Å². The molecule has 3 rings (SSSR count). The molecule has 0 saturated heterocycles. The molecular formula is C17H18N6O2. The second-order valence-corrected chi connectivity index (χ2v) is 5.20. The molecule has 3 aromatic rings. The van der Waals surface area contributed by atoms with Gasteiger partial charge < -0.3 is 20.8 Å². The van der Waals surface area contributed by atoms with Crippen LogP contribution in [0.15, 0.2) is 54.4 Å². The molecule has 5 N–H and O–H groups in total. The van der Waals surface area contributed by atoms with Crippen LogP contribution in [0.25, 0.3) is 22.6 Å². The molecule has 0 aliphatic rings. The molecule has 0 fully saturated rings. The Morgan fingerprint density at radius 1 is 1.40 bits per heavy atom. The fourth-order valence-electron chi connectivity index (χ4n) is 2.26. The third kappa shape index (κ3) is 3.86. The first-order chi connectivity index (χ1) is 12.2.